The summed E-state index contributed by atoms with van der Waals surface area (Å²) in [5, 5.41) is 0. The molecule has 0 N–H and O–H groups in total. The van der Waals surface area contributed by atoms with Crippen LogP contribution in [0.25, 0.3) is 0 Å². The first-order valence-corrected chi connectivity index (χ1v) is 28.2. The number of allylic oxidation sites excluding steroid dienone is 4. The fourth-order valence-corrected chi connectivity index (χ4v) is 93.6. The summed E-state index contributed by atoms with van der Waals surface area (Å²) in [6.45, 7) is 38.5. The van der Waals surface area contributed by atoms with Crippen molar-refractivity contribution in [2.75, 3.05) is 26.4 Å². The Morgan fingerprint density at radius 1 is 0.471 bits per heavy atom. The van der Waals surface area contributed by atoms with Gasteiger partial charge in [0.15, 0.2) is 0 Å². The van der Waals surface area contributed by atoms with Gasteiger partial charge in [-0.15, -0.1) is 0 Å². The van der Waals surface area contributed by atoms with Gasteiger partial charge in [0.1, 0.15) is 0 Å². The molecule has 2 fully saturated rings. The number of hydrogen-bond acceptors (Lipinski definition) is 2. The molecule has 3 rings (SSSR count). The topological polar surface area (TPSA) is 18.5 Å². The van der Waals surface area contributed by atoms with Crippen molar-refractivity contribution in [1.82, 2.24) is 0 Å². The van der Waals surface area contributed by atoms with Gasteiger partial charge in [-0.05, 0) is 64.5 Å². The van der Waals surface area contributed by atoms with Gasteiger partial charge in [-0.1, -0.05) is 77.0 Å². The molecule has 34 heavy (non-hydrogen) atoms. The van der Waals surface area contributed by atoms with E-state index in [-0.39, 0.29) is 54.3 Å². The SMILES string of the molecule is C1CCOC1.C1CCOC1.C[C]1C(C)=C(C)C(C)=C1C.C[Si](C)(C)[Si]([Si](C)(C)C)[Si](C)(C)C.[Yb]. The van der Waals surface area contributed by atoms with Crippen LogP contribution in [-0.4, -0.2) is 56.6 Å². The molecule has 0 amide bonds. The standard InChI is InChI=1S/C10H15.C9H27Si4.2C4H8O.Yb/c1-6-7(2)9(4)10(5)8(6)3;1-11(2,3)10(12(4,5)6)13(7,8)9;2*1-2-4-5-3-1;/h1-5H3;1-9H3;2*1-4H2;. The van der Waals surface area contributed by atoms with E-state index in [1.54, 1.807) is 0 Å². The zero-order valence-electron chi connectivity index (χ0n) is 25.2. The van der Waals surface area contributed by atoms with Crippen LogP contribution in [0.5, 0.6) is 0 Å². The molecule has 0 aromatic carbocycles. The Morgan fingerprint density at radius 3 is 0.765 bits per heavy atom. The van der Waals surface area contributed by atoms with Crippen LogP contribution < -0.4 is 0 Å². The van der Waals surface area contributed by atoms with Crippen molar-refractivity contribution in [3.05, 3.63) is 28.2 Å². The van der Waals surface area contributed by atoms with Crippen molar-refractivity contribution in [2.45, 2.75) is 119 Å². The van der Waals surface area contributed by atoms with Gasteiger partial charge < -0.3 is 9.47 Å². The molecule has 0 aromatic rings. The molecule has 2 radical (unpaired) electrons. The average Bonchev–Trinajstić information content (AvgIpc) is 3.41. The van der Waals surface area contributed by atoms with Crippen LogP contribution >= 0.6 is 0 Å². The fraction of sp³-hybridized carbons (Fsp3) is 0.815. The molecular formula is C27H58O2Si4Yb. The van der Waals surface area contributed by atoms with Gasteiger partial charge in [-0.3, -0.25) is 0 Å². The molecule has 0 bridgehead atoms. The molecule has 2 aliphatic heterocycles. The van der Waals surface area contributed by atoms with Gasteiger partial charge in [-0.2, -0.15) is 0 Å². The van der Waals surface area contributed by atoms with Crippen LogP contribution in [0.3, 0.4) is 0 Å². The maximum absolute atomic E-state index is 4.94. The molecule has 0 atom stereocenters. The zero-order valence-corrected chi connectivity index (χ0v) is 31.0. The molecule has 2 heterocycles. The third kappa shape index (κ3) is 14.7. The predicted molar refractivity (Wildman–Crippen MR) is 162 cm³/mol. The molecule has 3 aliphatic rings. The molecule has 0 aromatic heterocycles. The molecule has 208 valence electrons. The van der Waals surface area contributed by atoms with Crippen molar-refractivity contribution in [3.8, 4) is 0 Å². The zero-order chi connectivity index (χ0) is 26.0. The quantitative estimate of drug-likeness (QED) is 0.275. The second-order valence-corrected chi connectivity index (χ2v) is 49.6. The fourth-order valence-electron chi connectivity index (χ4n) is 5.80. The number of ether oxygens (including phenoxy) is 2. The minimum absolute atomic E-state index is 0. The Hall–Kier alpha value is 1.79. The van der Waals surface area contributed by atoms with Crippen LogP contribution in [0.15, 0.2) is 22.3 Å². The Kier molecular flexibility index (Phi) is 19.4. The summed E-state index contributed by atoms with van der Waals surface area (Å²) in [6.07, 6.45) is 5.11. The summed E-state index contributed by atoms with van der Waals surface area (Å²) in [5.74, 6) is 1.47. The first kappa shape index (κ1) is 37.9. The van der Waals surface area contributed by atoms with Crippen molar-refractivity contribution < 1.29 is 56.4 Å². The van der Waals surface area contributed by atoms with Crippen molar-refractivity contribution in [1.29, 1.82) is 0 Å². The van der Waals surface area contributed by atoms with E-state index in [2.05, 4.69) is 93.5 Å². The Labute approximate surface area is 257 Å². The van der Waals surface area contributed by atoms with Crippen molar-refractivity contribution in [2.24, 2.45) is 0 Å². The first-order valence-electron chi connectivity index (χ1n) is 13.2. The number of rotatable bonds is 3. The monoisotopic (exact) mass is 700 g/mol. The van der Waals surface area contributed by atoms with E-state index in [1.165, 1.54) is 53.9 Å². The molecule has 0 unspecified atom stereocenters. The minimum Gasteiger partial charge on any atom is -0.381 e. The van der Waals surface area contributed by atoms with E-state index in [4.69, 9.17) is 9.47 Å². The van der Waals surface area contributed by atoms with Crippen LogP contribution in [0, 0.1) is 52.8 Å². The summed E-state index contributed by atoms with van der Waals surface area (Å²) >= 11 is 0. The molecule has 2 saturated heterocycles. The average molecular weight is 700 g/mol. The van der Waals surface area contributed by atoms with Crippen LogP contribution in [0.1, 0.15) is 60.3 Å². The van der Waals surface area contributed by atoms with Gasteiger partial charge in [0, 0.05) is 109 Å². The summed E-state index contributed by atoms with van der Waals surface area (Å²) in [6, 6.07) is 0. The molecular weight excluding hydrogens is 642 g/mol. The van der Waals surface area contributed by atoms with Gasteiger partial charge in [0.2, 0.25) is 0 Å². The molecule has 1 aliphatic carbocycles. The van der Waals surface area contributed by atoms with E-state index >= 15 is 0 Å². The van der Waals surface area contributed by atoms with Crippen molar-refractivity contribution in [3.63, 3.8) is 0 Å². The summed E-state index contributed by atoms with van der Waals surface area (Å²) in [7, 11) is -2.47. The van der Waals surface area contributed by atoms with Crippen LogP contribution in [0.4, 0.5) is 0 Å². The Bertz CT molecular complexity index is 550. The minimum atomic E-state index is -0.832. The normalized spacial score (nSPS) is 19.1. The van der Waals surface area contributed by atoms with Gasteiger partial charge in [0.25, 0.3) is 0 Å². The third-order valence-corrected chi connectivity index (χ3v) is 65.2. The maximum Gasteiger partial charge on any atom is 0.0466 e. The molecule has 7 heteroatoms. The largest absolute Gasteiger partial charge is 0.381 e. The van der Waals surface area contributed by atoms with E-state index in [1.807, 2.05) is 0 Å². The van der Waals surface area contributed by atoms with Gasteiger partial charge in [-0.25, -0.2) is 0 Å². The van der Waals surface area contributed by atoms with Gasteiger partial charge in [0.05, 0.1) is 0 Å². The molecule has 0 spiro atoms. The van der Waals surface area contributed by atoms with Crippen LogP contribution in [0.2, 0.25) is 58.9 Å². The van der Waals surface area contributed by atoms with E-state index in [9.17, 15) is 0 Å². The third-order valence-electron chi connectivity index (χ3n) is 6.72. The summed E-state index contributed by atoms with van der Waals surface area (Å²) in [5.41, 5.74) is 5.87. The molecule has 2 nitrogen and oxygen atoms in total. The summed E-state index contributed by atoms with van der Waals surface area (Å²) in [4.78, 5) is 0. The van der Waals surface area contributed by atoms with Crippen LogP contribution in [-0.2, 0) is 9.47 Å². The number of hydrogen-bond donors (Lipinski definition) is 0. The van der Waals surface area contributed by atoms with Crippen molar-refractivity contribution >= 4 is 30.1 Å². The van der Waals surface area contributed by atoms with E-state index in [0.717, 1.165) is 26.4 Å². The molecule has 0 saturated carbocycles. The van der Waals surface area contributed by atoms with Gasteiger partial charge >= 0.3 is 0 Å². The Balaban J connectivity index is 0. The van der Waals surface area contributed by atoms with E-state index < -0.39 is 22.8 Å². The Morgan fingerprint density at radius 2 is 0.706 bits per heavy atom. The smallest absolute Gasteiger partial charge is 0.0466 e. The first-order chi connectivity index (χ1) is 14.9. The second-order valence-electron chi connectivity index (χ2n) is 12.9. The van der Waals surface area contributed by atoms with E-state index in [0.29, 0.717) is 0 Å². The predicted octanol–water partition coefficient (Wildman–Crippen LogP) is 8.59. The second kappa shape index (κ2) is 17.4. The maximum atomic E-state index is 4.94. The summed E-state index contributed by atoms with van der Waals surface area (Å²) < 4.78 is 9.89.